The molecule has 0 spiro atoms. The van der Waals surface area contributed by atoms with Crippen LogP contribution >= 0.6 is 0 Å². The van der Waals surface area contributed by atoms with Gasteiger partial charge in [0, 0.05) is 20.6 Å². The summed E-state index contributed by atoms with van der Waals surface area (Å²) in [6.45, 7) is 3.59. The molecule has 1 aromatic heterocycles. The minimum atomic E-state index is 0.257. The molecule has 2 aromatic rings. The molecular formula is C15H22N6. The maximum absolute atomic E-state index is 5.74. The van der Waals surface area contributed by atoms with Gasteiger partial charge in [0.15, 0.2) is 0 Å². The Bertz CT molecular complexity index is 611. The zero-order chi connectivity index (χ0) is 15.4. The van der Waals surface area contributed by atoms with Crippen LogP contribution in [0.2, 0.25) is 0 Å². The highest BCUT2D eigenvalue weighted by molar-refractivity contribution is 5.32. The SMILES string of the molecule is Cc1ccccc1CN(C)Cc1nc(N)nc(N(C)C)n1. The van der Waals surface area contributed by atoms with E-state index >= 15 is 0 Å². The summed E-state index contributed by atoms with van der Waals surface area (Å²) >= 11 is 0. The van der Waals surface area contributed by atoms with E-state index in [1.165, 1.54) is 11.1 Å². The molecule has 0 saturated carbocycles. The molecule has 2 rings (SSSR count). The lowest BCUT2D eigenvalue weighted by atomic mass is 10.1. The molecule has 0 fully saturated rings. The van der Waals surface area contributed by atoms with E-state index in [0.29, 0.717) is 18.3 Å². The lowest BCUT2D eigenvalue weighted by Gasteiger charge is -2.18. The molecule has 2 N–H and O–H groups in total. The molecule has 0 atom stereocenters. The van der Waals surface area contributed by atoms with Crippen LogP contribution in [0.5, 0.6) is 0 Å². The van der Waals surface area contributed by atoms with Gasteiger partial charge in [0.25, 0.3) is 0 Å². The van der Waals surface area contributed by atoms with E-state index in [0.717, 1.165) is 6.54 Å². The van der Waals surface area contributed by atoms with Crippen molar-refractivity contribution in [1.82, 2.24) is 19.9 Å². The first-order valence-electron chi connectivity index (χ1n) is 6.86. The predicted molar refractivity (Wildman–Crippen MR) is 84.9 cm³/mol. The van der Waals surface area contributed by atoms with Gasteiger partial charge in [-0.2, -0.15) is 15.0 Å². The van der Waals surface area contributed by atoms with Gasteiger partial charge in [0.1, 0.15) is 5.82 Å². The van der Waals surface area contributed by atoms with Gasteiger partial charge in [-0.3, -0.25) is 4.90 Å². The third-order valence-electron chi connectivity index (χ3n) is 3.20. The van der Waals surface area contributed by atoms with E-state index in [4.69, 9.17) is 5.73 Å². The van der Waals surface area contributed by atoms with Gasteiger partial charge in [-0.1, -0.05) is 24.3 Å². The molecule has 0 aliphatic rings. The second kappa shape index (κ2) is 6.49. The molecule has 21 heavy (non-hydrogen) atoms. The van der Waals surface area contributed by atoms with E-state index in [-0.39, 0.29) is 5.95 Å². The summed E-state index contributed by atoms with van der Waals surface area (Å²) in [5.41, 5.74) is 8.33. The van der Waals surface area contributed by atoms with Crippen LogP contribution in [0.25, 0.3) is 0 Å². The van der Waals surface area contributed by atoms with Crippen LogP contribution in [0, 0.1) is 6.92 Å². The minimum Gasteiger partial charge on any atom is -0.368 e. The maximum atomic E-state index is 5.74. The molecule has 1 aromatic carbocycles. The van der Waals surface area contributed by atoms with E-state index in [9.17, 15) is 0 Å². The number of nitrogens with two attached hydrogens (primary N) is 1. The number of rotatable bonds is 5. The van der Waals surface area contributed by atoms with Crippen molar-refractivity contribution in [1.29, 1.82) is 0 Å². The largest absolute Gasteiger partial charge is 0.368 e. The number of anilines is 2. The van der Waals surface area contributed by atoms with Gasteiger partial charge in [0.05, 0.1) is 6.54 Å². The number of hydrogen-bond acceptors (Lipinski definition) is 6. The van der Waals surface area contributed by atoms with Crippen LogP contribution < -0.4 is 10.6 Å². The number of nitrogen functional groups attached to an aromatic ring is 1. The minimum absolute atomic E-state index is 0.257. The molecule has 0 aliphatic carbocycles. The fraction of sp³-hybridized carbons (Fsp3) is 0.400. The van der Waals surface area contributed by atoms with Gasteiger partial charge in [0.2, 0.25) is 11.9 Å². The second-order valence-electron chi connectivity index (χ2n) is 5.40. The Kier molecular flexibility index (Phi) is 4.70. The number of aromatic nitrogens is 3. The van der Waals surface area contributed by atoms with E-state index in [1.807, 2.05) is 26.0 Å². The Morgan fingerprint density at radius 1 is 1.00 bits per heavy atom. The Morgan fingerprint density at radius 3 is 2.38 bits per heavy atom. The van der Waals surface area contributed by atoms with Crippen LogP contribution in [0.1, 0.15) is 17.0 Å². The fourth-order valence-corrected chi connectivity index (χ4v) is 2.07. The lowest BCUT2D eigenvalue weighted by Crippen LogP contribution is -2.22. The van der Waals surface area contributed by atoms with Crippen molar-refractivity contribution >= 4 is 11.9 Å². The molecule has 6 heteroatoms. The predicted octanol–water partition coefficient (Wildman–Crippen LogP) is 1.46. The first kappa shape index (κ1) is 15.2. The van der Waals surface area contributed by atoms with Gasteiger partial charge in [-0.25, -0.2) is 0 Å². The fourth-order valence-electron chi connectivity index (χ4n) is 2.07. The van der Waals surface area contributed by atoms with E-state index in [1.54, 1.807) is 0 Å². The van der Waals surface area contributed by atoms with Crippen LogP contribution in [0.15, 0.2) is 24.3 Å². The average molecular weight is 286 g/mol. The third-order valence-corrected chi connectivity index (χ3v) is 3.20. The second-order valence-corrected chi connectivity index (χ2v) is 5.40. The summed E-state index contributed by atoms with van der Waals surface area (Å²) < 4.78 is 0. The van der Waals surface area contributed by atoms with E-state index in [2.05, 4.69) is 51.0 Å². The zero-order valence-electron chi connectivity index (χ0n) is 13.0. The van der Waals surface area contributed by atoms with Crippen LogP contribution in [-0.2, 0) is 13.1 Å². The summed E-state index contributed by atoms with van der Waals surface area (Å²) in [7, 11) is 5.81. The highest BCUT2D eigenvalue weighted by Gasteiger charge is 2.09. The Hall–Kier alpha value is -2.21. The first-order valence-corrected chi connectivity index (χ1v) is 6.86. The standard InChI is InChI=1S/C15H22N6/c1-11-7-5-6-8-12(11)9-21(4)10-13-17-14(16)19-15(18-13)20(2)3/h5-8H,9-10H2,1-4H3,(H2,16,17,18,19). The topological polar surface area (TPSA) is 71.2 Å². The highest BCUT2D eigenvalue weighted by Crippen LogP contribution is 2.12. The number of benzene rings is 1. The first-order chi connectivity index (χ1) is 9.95. The van der Waals surface area contributed by atoms with Crippen molar-refractivity contribution in [3.8, 4) is 0 Å². The van der Waals surface area contributed by atoms with E-state index < -0.39 is 0 Å². The molecule has 0 amide bonds. The average Bonchev–Trinajstić information content (AvgIpc) is 2.40. The zero-order valence-corrected chi connectivity index (χ0v) is 13.0. The van der Waals surface area contributed by atoms with Gasteiger partial charge in [-0.15, -0.1) is 0 Å². The number of hydrogen-bond donors (Lipinski definition) is 1. The van der Waals surface area contributed by atoms with Crippen molar-refractivity contribution in [2.45, 2.75) is 20.0 Å². The Labute approximate surface area is 125 Å². The number of aryl methyl sites for hydroxylation is 1. The summed E-state index contributed by atoms with van der Waals surface area (Å²) in [5, 5.41) is 0. The van der Waals surface area contributed by atoms with Crippen molar-refractivity contribution in [3.63, 3.8) is 0 Å². The third kappa shape index (κ3) is 4.13. The van der Waals surface area contributed by atoms with Crippen molar-refractivity contribution < 1.29 is 0 Å². The molecule has 0 radical (unpaired) electrons. The molecule has 6 nitrogen and oxygen atoms in total. The Morgan fingerprint density at radius 2 is 1.71 bits per heavy atom. The molecular weight excluding hydrogens is 264 g/mol. The molecule has 1 heterocycles. The van der Waals surface area contributed by atoms with Crippen LogP contribution in [0.3, 0.4) is 0 Å². The lowest BCUT2D eigenvalue weighted by molar-refractivity contribution is 0.310. The smallest absolute Gasteiger partial charge is 0.229 e. The monoisotopic (exact) mass is 286 g/mol. The summed E-state index contributed by atoms with van der Waals surface area (Å²) in [4.78, 5) is 16.7. The van der Waals surface area contributed by atoms with Gasteiger partial charge >= 0.3 is 0 Å². The molecule has 0 unspecified atom stereocenters. The quantitative estimate of drug-likeness (QED) is 0.897. The molecule has 0 aliphatic heterocycles. The van der Waals surface area contributed by atoms with Crippen molar-refractivity contribution in [2.75, 3.05) is 31.8 Å². The normalized spacial score (nSPS) is 10.9. The van der Waals surface area contributed by atoms with Gasteiger partial charge in [-0.05, 0) is 25.1 Å². The molecule has 0 saturated heterocycles. The van der Waals surface area contributed by atoms with Crippen LogP contribution in [-0.4, -0.2) is 41.0 Å². The van der Waals surface area contributed by atoms with Gasteiger partial charge < -0.3 is 10.6 Å². The van der Waals surface area contributed by atoms with Crippen LogP contribution in [0.4, 0.5) is 11.9 Å². The summed E-state index contributed by atoms with van der Waals surface area (Å²) in [5.74, 6) is 1.53. The molecule has 0 bridgehead atoms. The highest BCUT2D eigenvalue weighted by atomic mass is 15.3. The number of nitrogens with zero attached hydrogens (tertiary/aromatic N) is 5. The molecule has 112 valence electrons. The summed E-state index contributed by atoms with van der Waals surface area (Å²) in [6, 6.07) is 8.36. The summed E-state index contributed by atoms with van der Waals surface area (Å²) in [6.07, 6.45) is 0. The van der Waals surface area contributed by atoms with Crippen molar-refractivity contribution in [2.24, 2.45) is 0 Å². The van der Waals surface area contributed by atoms with Crippen molar-refractivity contribution in [3.05, 3.63) is 41.2 Å². The Balaban J connectivity index is 2.09. The maximum Gasteiger partial charge on any atom is 0.229 e.